The molecule has 0 aromatic heterocycles. The van der Waals surface area contributed by atoms with Crippen molar-refractivity contribution in [2.45, 2.75) is 46.1 Å². The zero-order valence-electron chi connectivity index (χ0n) is 11.3. The van der Waals surface area contributed by atoms with E-state index in [4.69, 9.17) is 9.84 Å². The SMILES string of the molecule is CC1(COC(C)(C)C)CCN(CCO)CC1. The van der Waals surface area contributed by atoms with Crippen LogP contribution in [0.2, 0.25) is 0 Å². The number of β-amino-alcohol motifs (C(OH)–C–C–N with tert-alkyl or cyclic N) is 1. The summed E-state index contributed by atoms with van der Waals surface area (Å²) in [6, 6.07) is 0. The van der Waals surface area contributed by atoms with E-state index in [1.54, 1.807) is 0 Å². The van der Waals surface area contributed by atoms with Crippen molar-refractivity contribution in [2.75, 3.05) is 32.8 Å². The smallest absolute Gasteiger partial charge is 0.0598 e. The third-order valence-corrected chi connectivity index (χ3v) is 3.33. The lowest BCUT2D eigenvalue weighted by Gasteiger charge is -2.40. The molecular formula is C13H27NO2. The van der Waals surface area contributed by atoms with Crippen molar-refractivity contribution < 1.29 is 9.84 Å². The Balaban J connectivity index is 2.32. The van der Waals surface area contributed by atoms with Crippen LogP contribution in [0.4, 0.5) is 0 Å². The molecule has 1 aliphatic heterocycles. The molecule has 0 aromatic carbocycles. The molecule has 16 heavy (non-hydrogen) atoms. The van der Waals surface area contributed by atoms with Crippen LogP contribution in [0.1, 0.15) is 40.5 Å². The number of aliphatic hydroxyl groups excluding tert-OH is 1. The molecule has 1 rings (SSSR count). The number of hydrogen-bond donors (Lipinski definition) is 1. The highest BCUT2D eigenvalue weighted by atomic mass is 16.5. The highest BCUT2D eigenvalue weighted by molar-refractivity contribution is 4.83. The summed E-state index contributed by atoms with van der Waals surface area (Å²) >= 11 is 0. The lowest BCUT2D eigenvalue weighted by atomic mass is 9.81. The van der Waals surface area contributed by atoms with Crippen LogP contribution in [0.15, 0.2) is 0 Å². The van der Waals surface area contributed by atoms with E-state index in [1.165, 1.54) is 12.8 Å². The Kier molecular flexibility index (Phi) is 4.77. The van der Waals surface area contributed by atoms with Crippen molar-refractivity contribution in [3.63, 3.8) is 0 Å². The first-order valence-electron chi connectivity index (χ1n) is 6.32. The normalized spacial score (nSPS) is 22.3. The molecule has 96 valence electrons. The van der Waals surface area contributed by atoms with Crippen molar-refractivity contribution in [3.8, 4) is 0 Å². The molecule has 1 saturated heterocycles. The van der Waals surface area contributed by atoms with Crippen LogP contribution in [-0.4, -0.2) is 48.5 Å². The van der Waals surface area contributed by atoms with E-state index in [2.05, 4.69) is 32.6 Å². The Hall–Kier alpha value is -0.120. The fraction of sp³-hybridized carbons (Fsp3) is 1.00. The molecule has 0 saturated carbocycles. The summed E-state index contributed by atoms with van der Waals surface area (Å²) in [5.74, 6) is 0. The summed E-state index contributed by atoms with van der Waals surface area (Å²) in [5.41, 5.74) is 0.282. The second kappa shape index (κ2) is 5.48. The summed E-state index contributed by atoms with van der Waals surface area (Å²) in [5, 5.41) is 8.89. The fourth-order valence-electron chi connectivity index (χ4n) is 1.99. The predicted molar refractivity (Wildman–Crippen MR) is 66.6 cm³/mol. The van der Waals surface area contributed by atoms with E-state index in [1.807, 2.05) is 0 Å². The Labute approximate surface area is 99.8 Å². The topological polar surface area (TPSA) is 32.7 Å². The summed E-state index contributed by atoms with van der Waals surface area (Å²) < 4.78 is 5.90. The molecule has 0 atom stereocenters. The van der Waals surface area contributed by atoms with Crippen molar-refractivity contribution in [1.29, 1.82) is 0 Å². The molecule has 0 spiro atoms. The van der Waals surface area contributed by atoms with Crippen LogP contribution >= 0.6 is 0 Å². The second-order valence-electron chi connectivity index (χ2n) is 6.28. The van der Waals surface area contributed by atoms with Gasteiger partial charge in [0.2, 0.25) is 0 Å². The molecule has 1 fully saturated rings. The van der Waals surface area contributed by atoms with Gasteiger partial charge in [0.15, 0.2) is 0 Å². The van der Waals surface area contributed by atoms with E-state index in [-0.39, 0.29) is 12.2 Å². The maximum atomic E-state index is 8.89. The summed E-state index contributed by atoms with van der Waals surface area (Å²) in [4.78, 5) is 2.33. The Morgan fingerprint density at radius 3 is 2.25 bits per heavy atom. The minimum Gasteiger partial charge on any atom is -0.395 e. The molecule has 1 aliphatic rings. The van der Waals surface area contributed by atoms with Crippen molar-refractivity contribution in [3.05, 3.63) is 0 Å². The molecule has 3 nitrogen and oxygen atoms in total. The molecule has 0 radical (unpaired) electrons. The average Bonchev–Trinajstić information content (AvgIpc) is 2.19. The Morgan fingerprint density at radius 2 is 1.81 bits per heavy atom. The van der Waals surface area contributed by atoms with Gasteiger partial charge in [-0.05, 0) is 52.1 Å². The quantitative estimate of drug-likeness (QED) is 0.799. The molecule has 3 heteroatoms. The van der Waals surface area contributed by atoms with Gasteiger partial charge in [-0.2, -0.15) is 0 Å². The van der Waals surface area contributed by atoms with Crippen molar-refractivity contribution in [1.82, 2.24) is 4.90 Å². The number of nitrogens with zero attached hydrogens (tertiary/aromatic N) is 1. The predicted octanol–water partition coefficient (Wildman–Crippen LogP) is 1.90. The minimum absolute atomic E-state index is 0.0365. The van der Waals surface area contributed by atoms with Gasteiger partial charge in [0.25, 0.3) is 0 Å². The van der Waals surface area contributed by atoms with Gasteiger partial charge in [-0.1, -0.05) is 6.92 Å². The fourth-order valence-corrected chi connectivity index (χ4v) is 1.99. The zero-order valence-corrected chi connectivity index (χ0v) is 11.3. The summed E-state index contributed by atoms with van der Waals surface area (Å²) in [6.45, 7) is 12.8. The number of rotatable bonds is 4. The number of aliphatic hydroxyl groups is 1. The van der Waals surface area contributed by atoms with Crippen LogP contribution < -0.4 is 0 Å². The van der Waals surface area contributed by atoms with Gasteiger partial charge < -0.3 is 14.7 Å². The van der Waals surface area contributed by atoms with Crippen LogP contribution in [0, 0.1) is 5.41 Å². The molecule has 0 aliphatic carbocycles. The van der Waals surface area contributed by atoms with Gasteiger partial charge >= 0.3 is 0 Å². The van der Waals surface area contributed by atoms with Gasteiger partial charge in [0, 0.05) is 6.54 Å². The Bertz CT molecular complexity index is 202. The first-order chi connectivity index (χ1) is 7.35. The second-order valence-corrected chi connectivity index (χ2v) is 6.28. The van der Waals surface area contributed by atoms with E-state index < -0.39 is 0 Å². The lowest BCUT2D eigenvalue weighted by molar-refractivity contribution is -0.0648. The van der Waals surface area contributed by atoms with Crippen LogP contribution in [0.25, 0.3) is 0 Å². The average molecular weight is 229 g/mol. The molecule has 1 heterocycles. The minimum atomic E-state index is -0.0365. The highest BCUT2D eigenvalue weighted by Gasteiger charge is 2.31. The van der Waals surface area contributed by atoms with Gasteiger partial charge in [0.1, 0.15) is 0 Å². The van der Waals surface area contributed by atoms with Crippen LogP contribution in [-0.2, 0) is 4.74 Å². The molecule has 0 amide bonds. The number of piperidine rings is 1. The van der Waals surface area contributed by atoms with Gasteiger partial charge in [-0.3, -0.25) is 0 Å². The van der Waals surface area contributed by atoms with E-state index >= 15 is 0 Å². The van der Waals surface area contributed by atoms with Crippen molar-refractivity contribution >= 4 is 0 Å². The zero-order chi connectivity index (χ0) is 12.2. The van der Waals surface area contributed by atoms with E-state index in [0.717, 1.165) is 26.2 Å². The lowest BCUT2D eigenvalue weighted by Crippen LogP contribution is -2.43. The maximum Gasteiger partial charge on any atom is 0.0598 e. The monoisotopic (exact) mass is 229 g/mol. The largest absolute Gasteiger partial charge is 0.395 e. The molecule has 0 bridgehead atoms. The van der Waals surface area contributed by atoms with Crippen molar-refractivity contribution in [2.24, 2.45) is 5.41 Å². The maximum absolute atomic E-state index is 8.89. The third kappa shape index (κ3) is 4.81. The Morgan fingerprint density at radius 1 is 1.25 bits per heavy atom. The number of ether oxygens (including phenoxy) is 1. The number of likely N-dealkylation sites (tertiary alicyclic amines) is 1. The van der Waals surface area contributed by atoms with Gasteiger partial charge in [0.05, 0.1) is 18.8 Å². The first kappa shape index (κ1) is 13.9. The van der Waals surface area contributed by atoms with Crippen LogP contribution in [0.3, 0.4) is 0 Å². The first-order valence-corrected chi connectivity index (χ1v) is 6.32. The van der Waals surface area contributed by atoms with E-state index in [9.17, 15) is 0 Å². The molecule has 1 N–H and O–H groups in total. The standard InChI is InChI=1S/C13H27NO2/c1-12(2,3)16-11-13(4)5-7-14(8-6-13)9-10-15/h15H,5-11H2,1-4H3. The van der Waals surface area contributed by atoms with Gasteiger partial charge in [-0.15, -0.1) is 0 Å². The summed E-state index contributed by atoms with van der Waals surface area (Å²) in [7, 11) is 0. The molecule has 0 unspecified atom stereocenters. The highest BCUT2D eigenvalue weighted by Crippen LogP contribution is 2.32. The summed E-state index contributed by atoms with van der Waals surface area (Å²) in [6.07, 6.45) is 2.34. The molecule has 0 aromatic rings. The van der Waals surface area contributed by atoms with Gasteiger partial charge in [-0.25, -0.2) is 0 Å². The third-order valence-electron chi connectivity index (χ3n) is 3.33. The number of hydrogen-bond acceptors (Lipinski definition) is 3. The molecular weight excluding hydrogens is 202 g/mol. The van der Waals surface area contributed by atoms with E-state index in [0.29, 0.717) is 5.41 Å². The van der Waals surface area contributed by atoms with Crippen LogP contribution in [0.5, 0.6) is 0 Å².